The number of hydrogen-bond donors (Lipinski definition) is 2. The number of rotatable bonds is 5. The van der Waals surface area contributed by atoms with E-state index in [0.717, 1.165) is 11.3 Å². The van der Waals surface area contributed by atoms with Crippen molar-refractivity contribution >= 4 is 23.4 Å². The molecule has 0 aliphatic carbocycles. The van der Waals surface area contributed by atoms with Crippen LogP contribution < -0.4 is 5.32 Å². The normalized spacial score (nSPS) is 13.2. The lowest BCUT2D eigenvalue weighted by atomic mass is 10.0. The number of aromatic nitrogens is 6. The van der Waals surface area contributed by atoms with Crippen molar-refractivity contribution in [1.82, 2.24) is 40.2 Å². The molecule has 11 heteroatoms. The maximum absolute atomic E-state index is 13.0. The highest BCUT2D eigenvalue weighted by Crippen LogP contribution is 2.23. The molecular weight excluding hydrogens is 408 g/mol. The summed E-state index contributed by atoms with van der Waals surface area (Å²) in [4.78, 5) is 35.5. The summed E-state index contributed by atoms with van der Waals surface area (Å²) in [6, 6.07) is 0. The van der Waals surface area contributed by atoms with Crippen LogP contribution in [-0.4, -0.2) is 59.7 Å². The second kappa shape index (κ2) is 8.23. The van der Waals surface area contributed by atoms with Crippen molar-refractivity contribution in [3.63, 3.8) is 0 Å². The fraction of sp³-hybridized carbons (Fsp3) is 0.368. The molecule has 0 saturated carbocycles. The molecule has 0 radical (unpaired) electrons. The third-order valence-corrected chi connectivity index (χ3v) is 5.30. The first-order chi connectivity index (χ1) is 14.4. The molecule has 0 fully saturated rings. The van der Waals surface area contributed by atoms with Crippen LogP contribution in [0.25, 0.3) is 0 Å². The van der Waals surface area contributed by atoms with Gasteiger partial charge in [-0.25, -0.2) is 9.97 Å². The lowest BCUT2D eigenvalue weighted by Crippen LogP contribution is -2.37. The van der Waals surface area contributed by atoms with E-state index in [-0.39, 0.29) is 11.8 Å². The quantitative estimate of drug-likeness (QED) is 0.631. The Morgan fingerprint density at radius 1 is 1.27 bits per heavy atom. The number of carbonyl (C=O) groups excluding carboxylic acids is 2. The summed E-state index contributed by atoms with van der Waals surface area (Å²) in [5.41, 5.74) is 3.81. The molecule has 4 heterocycles. The molecule has 0 spiro atoms. The van der Waals surface area contributed by atoms with Gasteiger partial charge in [-0.1, -0.05) is 11.6 Å². The number of fused-ring (bicyclic) bond motifs is 1. The number of carbonyl (C=O) groups is 2. The molecule has 0 unspecified atom stereocenters. The Labute approximate surface area is 177 Å². The van der Waals surface area contributed by atoms with Gasteiger partial charge < -0.3 is 10.2 Å². The molecule has 2 amide bonds. The van der Waals surface area contributed by atoms with Gasteiger partial charge in [-0.05, 0) is 20.3 Å². The topological polar surface area (TPSA) is 122 Å². The zero-order valence-corrected chi connectivity index (χ0v) is 17.4. The Morgan fingerprint density at radius 3 is 2.73 bits per heavy atom. The molecule has 1 aliphatic heterocycles. The van der Waals surface area contributed by atoms with E-state index < -0.39 is 0 Å². The highest BCUT2D eigenvalue weighted by Gasteiger charge is 2.29. The van der Waals surface area contributed by atoms with E-state index in [1.165, 1.54) is 6.33 Å². The van der Waals surface area contributed by atoms with E-state index in [1.807, 2.05) is 0 Å². The maximum atomic E-state index is 13.0. The SMILES string of the molecule is Cc1ncnc(C)c1C(=O)N1CCc2c(C(=O)NCCn3cc(Cl)cn3)n[nH]c2C1. The van der Waals surface area contributed by atoms with Gasteiger partial charge in [0.25, 0.3) is 11.8 Å². The molecule has 30 heavy (non-hydrogen) atoms. The predicted molar refractivity (Wildman–Crippen MR) is 108 cm³/mol. The van der Waals surface area contributed by atoms with Crippen molar-refractivity contribution in [3.05, 3.63) is 57.6 Å². The lowest BCUT2D eigenvalue weighted by molar-refractivity contribution is 0.0730. The Hall–Kier alpha value is -3.27. The van der Waals surface area contributed by atoms with Crippen LogP contribution in [0.2, 0.25) is 5.02 Å². The highest BCUT2D eigenvalue weighted by atomic mass is 35.5. The number of aryl methyl sites for hydroxylation is 2. The molecule has 10 nitrogen and oxygen atoms in total. The molecule has 3 aromatic rings. The van der Waals surface area contributed by atoms with E-state index in [2.05, 4.69) is 30.6 Å². The number of hydrogen-bond acceptors (Lipinski definition) is 6. The first-order valence-electron chi connectivity index (χ1n) is 9.53. The summed E-state index contributed by atoms with van der Waals surface area (Å²) in [6.45, 7) is 5.35. The third kappa shape index (κ3) is 3.90. The predicted octanol–water partition coefficient (Wildman–Crippen LogP) is 1.29. The van der Waals surface area contributed by atoms with Crippen molar-refractivity contribution < 1.29 is 9.59 Å². The highest BCUT2D eigenvalue weighted by molar-refractivity contribution is 6.30. The van der Waals surface area contributed by atoms with Crippen LogP contribution in [-0.2, 0) is 19.5 Å². The van der Waals surface area contributed by atoms with Crippen molar-refractivity contribution in [3.8, 4) is 0 Å². The fourth-order valence-electron chi connectivity index (χ4n) is 3.57. The fourth-order valence-corrected chi connectivity index (χ4v) is 3.72. The van der Waals surface area contributed by atoms with Crippen LogP contribution in [0.1, 0.15) is 43.5 Å². The van der Waals surface area contributed by atoms with Gasteiger partial charge in [0.1, 0.15) is 6.33 Å². The van der Waals surface area contributed by atoms with Gasteiger partial charge in [0, 0.05) is 24.8 Å². The zero-order valence-electron chi connectivity index (χ0n) is 16.6. The number of halogens is 1. The Morgan fingerprint density at radius 2 is 2.03 bits per heavy atom. The summed E-state index contributed by atoms with van der Waals surface area (Å²) in [5.74, 6) is -0.372. The van der Waals surface area contributed by atoms with E-state index in [0.29, 0.717) is 60.3 Å². The third-order valence-electron chi connectivity index (χ3n) is 5.10. The molecule has 0 aromatic carbocycles. The van der Waals surface area contributed by atoms with E-state index in [9.17, 15) is 9.59 Å². The Bertz CT molecular complexity index is 1090. The van der Waals surface area contributed by atoms with E-state index in [4.69, 9.17) is 11.6 Å². The summed E-state index contributed by atoms with van der Waals surface area (Å²) < 4.78 is 1.66. The summed E-state index contributed by atoms with van der Waals surface area (Å²) in [6.07, 6.45) is 5.24. The molecular formula is C19H21ClN8O2. The number of nitrogens with zero attached hydrogens (tertiary/aromatic N) is 6. The standard InChI is InChI=1S/C19H21ClN8O2/c1-11-16(12(2)23-10-22-11)19(30)27-5-3-14-15(9-27)25-26-17(14)18(29)21-4-6-28-8-13(20)7-24-28/h7-8,10H,3-6,9H2,1-2H3,(H,21,29)(H,25,26). The van der Waals surface area contributed by atoms with Crippen molar-refractivity contribution in [2.75, 3.05) is 13.1 Å². The average Bonchev–Trinajstić information content (AvgIpc) is 3.33. The van der Waals surface area contributed by atoms with Gasteiger partial charge in [-0.15, -0.1) is 0 Å². The molecule has 4 rings (SSSR count). The summed E-state index contributed by atoms with van der Waals surface area (Å²) >= 11 is 5.83. The first-order valence-corrected chi connectivity index (χ1v) is 9.91. The molecule has 0 saturated heterocycles. The van der Waals surface area contributed by atoms with E-state index in [1.54, 1.807) is 35.8 Å². The number of amides is 2. The second-order valence-corrected chi connectivity index (χ2v) is 7.54. The van der Waals surface area contributed by atoms with Gasteiger partial charge >= 0.3 is 0 Å². The van der Waals surface area contributed by atoms with Crippen LogP contribution in [0.15, 0.2) is 18.7 Å². The van der Waals surface area contributed by atoms with Crippen LogP contribution >= 0.6 is 11.6 Å². The Kier molecular flexibility index (Phi) is 5.49. The molecule has 0 atom stereocenters. The van der Waals surface area contributed by atoms with Gasteiger partial charge in [0.15, 0.2) is 5.69 Å². The maximum Gasteiger partial charge on any atom is 0.272 e. The molecule has 2 N–H and O–H groups in total. The van der Waals surface area contributed by atoms with Crippen LogP contribution in [0.5, 0.6) is 0 Å². The van der Waals surface area contributed by atoms with Crippen molar-refractivity contribution in [2.24, 2.45) is 0 Å². The smallest absolute Gasteiger partial charge is 0.272 e. The average molecular weight is 429 g/mol. The van der Waals surface area contributed by atoms with Crippen LogP contribution in [0.4, 0.5) is 0 Å². The number of H-pyrrole nitrogens is 1. The zero-order chi connectivity index (χ0) is 21.3. The largest absolute Gasteiger partial charge is 0.349 e. The number of aromatic amines is 1. The number of nitrogens with one attached hydrogen (secondary N) is 2. The minimum atomic E-state index is -0.256. The molecule has 1 aliphatic rings. The van der Waals surface area contributed by atoms with Crippen LogP contribution in [0, 0.1) is 13.8 Å². The molecule has 156 valence electrons. The van der Waals surface area contributed by atoms with Gasteiger partial charge in [-0.2, -0.15) is 10.2 Å². The van der Waals surface area contributed by atoms with Crippen LogP contribution in [0.3, 0.4) is 0 Å². The molecule has 0 bridgehead atoms. The Balaban J connectivity index is 1.41. The second-order valence-electron chi connectivity index (χ2n) is 7.10. The minimum Gasteiger partial charge on any atom is -0.349 e. The summed E-state index contributed by atoms with van der Waals surface area (Å²) in [5, 5.41) is 14.6. The van der Waals surface area contributed by atoms with Gasteiger partial charge in [0.2, 0.25) is 0 Å². The lowest BCUT2D eigenvalue weighted by Gasteiger charge is -2.27. The minimum absolute atomic E-state index is 0.116. The first kappa shape index (κ1) is 20.0. The van der Waals surface area contributed by atoms with Crippen molar-refractivity contribution in [2.45, 2.75) is 33.4 Å². The monoisotopic (exact) mass is 428 g/mol. The van der Waals surface area contributed by atoms with Gasteiger partial charge in [-0.3, -0.25) is 19.4 Å². The summed E-state index contributed by atoms with van der Waals surface area (Å²) in [7, 11) is 0. The van der Waals surface area contributed by atoms with Crippen molar-refractivity contribution in [1.29, 1.82) is 0 Å². The molecule has 3 aromatic heterocycles. The van der Waals surface area contributed by atoms with Gasteiger partial charge in [0.05, 0.1) is 47.0 Å². The van der Waals surface area contributed by atoms with E-state index >= 15 is 0 Å².